The van der Waals surface area contributed by atoms with E-state index >= 15 is 0 Å². The van der Waals surface area contributed by atoms with Gasteiger partial charge in [-0.25, -0.2) is 0 Å². The van der Waals surface area contributed by atoms with Gasteiger partial charge >= 0.3 is 0 Å². The molecule has 0 aromatic heterocycles. The standard InChI is InChI=1S/C18H26N2O3.ClH/c1-18(9-11-19-12-10-18)13-20-17(22)8-7-16(21)14-3-5-15(23-2)6-4-14;/h3-6,19H,7-13H2,1-2H3,(H,20,22);1H. The second-order valence-corrected chi connectivity index (χ2v) is 6.49. The minimum Gasteiger partial charge on any atom is -0.497 e. The lowest BCUT2D eigenvalue weighted by molar-refractivity contribution is -0.121. The molecule has 1 amide bonds. The summed E-state index contributed by atoms with van der Waals surface area (Å²) in [6, 6.07) is 6.97. The van der Waals surface area contributed by atoms with Crippen molar-refractivity contribution in [3.8, 4) is 5.75 Å². The largest absolute Gasteiger partial charge is 0.497 e. The van der Waals surface area contributed by atoms with Crippen LogP contribution in [0, 0.1) is 5.41 Å². The van der Waals surface area contributed by atoms with Gasteiger partial charge in [-0.3, -0.25) is 9.59 Å². The molecular weight excluding hydrogens is 328 g/mol. The van der Waals surface area contributed by atoms with Gasteiger partial charge in [0.15, 0.2) is 5.78 Å². The molecule has 0 saturated carbocycles. The van der Waals surface area contributed by atoms with Gasteiger partial charge in [0.05, 0.1) is 7.11 Å². The molecule has 2 rings (SSSR count). The molecule has 1 heterocycles. The summed E-state index contributed by atoms with van der Waals surface area (Å²) in [4.78, 5) is 24.1. The van der Waals surface area contributed by atoms with E-state index in [-0.39, 0.29) is 42.4 Å². The van der Waals surface area contributed by atoms with E-state index in [2.05, 4.69) is 17.6 Å². The first-order valence-electron chi connectivity index (χ1n) is 8.17. The Morgan fingerprint density at radius 3 is 2.38 bits per heavy atom. The van der Waals surface area contributed by atoms with Gasteiger partial charge in [-0.15, -0.1) is 12.4 Å². The molecular formula is C18H27ClN2O3. The number of rotatable bonds is 7. The van der Waals surface area contributed by atoms with E-state index in [9.17, 15) is 9.59 Å². The van der Waals surface area contributed by atoms with Gasteiger partial charge in [0, 0.05) is 24.9 Å². The average molecular weight is 355 g/mol. The number of ketones is 1. The molecule has 6 heteroatoms. The van der Waals surface area contributed by atoms with Crippen molar-refractivity contribution in [1.29, 1.82) is 0 Å². The van der Waals surface area contributed by atoms with Crippen molar-refractivity contribution in [3.05, 3.63) is 29.8 Å². The maximum atomic E-state index is 12.1. The molecule has 24 heavy (non-hydrogen) atoms. The van der Waals surface area contributed by atoms with Crippen LogP contribution in [0.25, 0.3) is 0 Å². The average Bonchev–Trinajstić information content (AvgIpc) is 2.58. The Kier molecular flexibility index (Phi) is 8.22. The lowest BCUT2D eigenvalue weighted by Crippen LogP contribution is -2.42. The summed E-state index contributed by atoms with van der Waals surface area (Å²) in [6.45, 7) is 4.89. The van der Waals surface area contributed by atoms with Crippen LogP contribution in [0.15, 0.2) is 24.3 Å². The maximum Gasteiger partial charge on any atom is 0.220 e. The van der Waals surface area contributed by atoms with E-state index < -0.39 is 0 Å². The number of hydrogen-bond acceptors (Lipinski definition) is 4. The number of nitrogens with one attached hydrogen (secondary N) is 2. The lowest BCUT2D eigenvalue weighted by Gasteiger charge is -2.34. The van der Waals surface area contributed by atoms with Crippen LogP contribution in [0.2, 0.25) is 0 Å². The Morgan fingerprint density at radius 1 is 1.17 bits per heavy atom. The predicted octanol–water partition coefficient (Wildman–Crippen LogP) is 2.59. The topological polar surface area (TPSA) is 67.4 Å². The Labute approximate surface area is 149 Å². The second kappa shape index (κ2) is 9.64. The third-order valence-electron chi connectivity index (χ3n) is 4.51. The fourth-order valence-electron chi connectivity index (χ4n) is 2.76. The summed E-state index contributed by atoms with van der Waals surface area (Å²) in [5.41, 5.74) is 0.782. The third kappa shape index (κ3) is 6.13. The predicted molar refractivity (Wildman–Crippen MR) is 97.0 cm³/mol. The van der Waals surface area contributed by atoms with Gasteiger partial charge in [-0.05, 0) is 55.6 Å². The molecule has 134 valence electrons. The first-order valence-corrected chi connectivity index (χ1v) is 8.17. The van der Waals surface area contributed by atoms with Gasteiger partial charge in [0.25, 0.3) is 0 Å². The third-order valence-corrected chi connectivity index (χ3v) is 4.51. The van der Waals surface area contributed by atoms with E-state index in [0.29, 0.717) is 12.1 Å². The summed E-state index contributed by atoms with van der Waals surface area (Å²) in [7, 11) is 1.59. The fourth-order valence-corrected chi connectivity index (χ4v) is 2.76. The highest BCUT2D eigenvalue weighted by Gasteiger charge is 2.26. The van der Waals surface area contributed by atoms with Crippen molar-refractivity contribution < 1.29 is 14.3 Å². The monoisotopic (exact) mass is 354 g/mol. The van der Waals surface area contributed by atoms with Crippen molar-refractivity contribution in [2.75, 3.05) is 26.7 Å². The zero-order chi connectivity index (χ0) is 16.7. The Hall–Kier alpha value is -1.59. The number of hydrogen-bond donors (Lipinski definition) is 2. The van der Waals surface area contributed by atoms with Crippen molar-refractivity contribution in [2.45, 2.75) is 32.6 Å². The van der Waals surface area contributed by atoms with Crippen molar-refractivity contribution >= 4 is 24.1 Å². The lowest BCUT2D eigenvalue weighted by atomic mass is 9.81. The molecule has 1 fully saturated rings. The van der Waals surface area contributed by atoms with Gasteiger partial charge in [0.2, 0.25) is 5.91 Å². The molecule has 1 aliphatic heterocycles. The van der Waals surface area contributed by atoms with Crippen LogP contribution < -0.4 is 15.4 Å². The molecule has 0 radical (unpaired) electrons. The Balaban J connectivity index is 0.00000288. The Bertz CT molecular complexity index is 540. The number of amides is 1. The van der Waals surface area contributed by atoms with Gasteiger partial charge in [-0.2, -0.15) is 0 Å². The first kappa shape index (κ1) is 20.5. The normalized spacial score (nSPS) is 15.9. The SMILES string of the molecule is COc1ccc(C(=O)CCC(=O)NCC2(C)CCNCC2)cc1.Cl. The number of piperidine rings is 1. The van der Waals surface area contributed by atoms with Crippen LogP contribution in [0.3, 0.4) is 0 Å². The maximum absolute atomic E-state index is 12.1. The number of halogens is 1. The van der Waals surface area contributed by atoms with E-state index in [4.69, 9.17) is 4.74 Å². The molecule has 0 atom stereocenters. The molecule has 2 N–H and O–H groups in total. The summed E-state index contributed by atoms with van der Waals surface area (Å²) in [5.74, 6) is 0.650. The van der Waals surface area contributed by atoms with Crippen LogP contribution in [0.1, 0.15) is 43.0 Å². The summed E-state index contributed by atoms with van der Waals surface area (Å²) >= 11 is 0. The minimum absolute atomic E-state index is 0. The van der Waals surface area contributed by atoms with Crippen molar-refractivity contribution in [3.63, 3.8) is 0 Å². The Morgan fingerprint density at radius 2 is 1.79 bits per heavy atom. The molecule has 1 saturated heterocycles. The quantitative estimate of drug-likeness (QED) is 0.738. The van der Waals surface area contributed by atoms with E-state index in [0.717, 1.165) is 31.7 Å². The molecule has 0 unspecified atom stereocenters. The molecule has 0 aliphatic carbocycles. The number of methoxy groups -OCH3 is 1. The van der Waals surface area contributed by atoms with Gasteiger partial charge < -0.3 is 15.4 Å². The van der Waals surface area contributed by atoms with Crippen LogP contribution in [0.4, 0.5) is 0 Å². The van der Waals surface area contributed by atoms with Crippen LogP contribution in [-0.2, 0) is 4.79 Å². The number of benzene rings is 1. The molecule has 1 aliphatic rings. The zero-order valence-corrected chi connectivity index (χ0v) is 15.2. The minimum atomic E-state index is -0.0494. The molecule has 0 bridgehead atoms. The molecule has 1 aromatic carbocycles. The zero-order valence-electron chi connectivity index (χ0n) is 14.4. The fraction of sp³-hybridized carbons (Fsp3) is 0.556. The second-order valence-electron chi connectivity index (χ2n) is 6.49. The number of carbonyl (C=O) groups is 2. The number of Topliss-reactive ketones (excluding diaryl/α,β-unsaturated/α-hetero) is 1. The molecule has 5 nitrogen and oxygen atoms in total. The van der Waals surface area contributed by atoms with Crippen molar-refractivity contribution in [2.24, 2.45) is 5.41 Å². The van der Waals surface area contributed by atoms with Crippen LogP contribution in [-0.4, -0.2) is 38.4 Å². The van der Waals surface area contributed by atoms with Crippen LogP contribution >= 0.6 is 12.4 Å². The van der Waals surface area contributed by atoms with E-state index in [1.807, 2.05) is 0 Å². The van der Waals surface area contributed by atoms with E-state index in [1.165, 1.54) is 0 Å². The number of carbonyl (C=O) groups excluding carboxylic acids is 2. The summed E-state index contributed by atoms with van der Waals surface area (Å²) < 4.78 is 5.07. The van der Waals surface area contributed by atoms with Gasteiger partial charge in [-0.1, -0.05) is 6.92 Å². The van der Waals surface area contributed by atoms with Crippen molar-refractivity contribution in [1.82, 2.24) is 10.6 Å². The summed E-state index contributed by atoms with van der Waals surface area (Å²) in [5, 5.41) is 6.31. The smallest absolute Gasteiger partial charge is 0.220 e. The molecule has 1 aromatic rings. The highest BCUT2D eigenvalue weighted by atomic mass is 35.5. The highest BCUT2D eigenvalue weighted by Crippen LogP contribution is 2.26. The number of ether oxygens (including phenoxy) is 1. The van der Waals surface area contributed by atoms with E-state index in [1.54, 1.807) is 31.4 Å². The first-order chi connectivity index (χ1) is 11.0. The van der Waals surface area contributed by atoms with Crippen LogP contribution in [0.5, 0.6) is 5.75 Å². The van der Waals surface area contributed by atoms with Gasteiger partial charge in [0.1, 0.15) is 5.75 Å². The highest BCUT2D eigenvalue weighted by molar-refractivity contribution is 5.98. The summed E-state index contributed by atoms with van der Waals surface area (Å²) in [6.07, 6.45) is 2.60. The molecule has 0 spiro atoms.